The molecule has 0 unspecified atom stereocenters. The van der Waals surface area contributed by atoms with E-state index < -0.39 is 0 Å². The van der Waals surface area contributed by atoms with Gasteiger partial charge in [-0.25, -0.2) is 0 Å². The van der Waals surface area contributed by atoms with E-state index in [1.165, 1.54) is 29.3 Å². The van der Waals surface area contributed by atoms with Crippen molar-refractivity contribution in [2.75, 3.05) is 0 Å². The zero-order valence-electron chi connectivity index (χ0n) is 20.8. The van der Waals surface area contributed by atoms with Crippen molar-refractivity contribution < 1.29 is 20.1 Å². The van der Waals surface area contributed by atoms with Crippen LogP contribution in [0.5, 0.6) is 0 Å². The van der Waals surface area contributed by atoms with Crippen LogP contribution in [-0.2, 0) is 20.1 Å². The number of pyridine rings is 3. The molecule has 6 heterocycles. The molecule has 6 rings (SSSR count). The molecule has 0 aliphatic heterocycles. The third-order valence-corrected chi connectivity index (χ3v) is 8.04. The summed E-state index contributed by atoms with van der Waals surface area (Å²) in [6.45, 7) is 6.32. The van der Waals surface area contributed by atoms with Crippen LogP contribution in [0.15, 0.2) is 110 Å². The minimum atomic E-state index is 0. The van der Waals surface area contributed by atoms with Gasteiger partial charge in [-0.05, 0) is 93.6 Å². The van der Waals surface area contributed by atoms with Gasteiger partial charge in [0.15, 0.2) is 0 Å². The van der Waals surface area contributed by atoms with Crippen LogP contribution < -0.4 is 0 Å². The Kier molecular flexibility index (Phi) is 11.5. The van der Waals surface area contributed by atoms with Gasteiger partial charge >= 0.3 is 20.1 Å². The maximum atomic E-state index is 4.27. The van der Waals surface area contributed by atoms with Crippen LogP contribution >= 0.6 is 34.0 Å². The zero-order valence-corrected chi connectivity index (χ0v) is 25.6. The summed E-state index contributed by atoms with van der Waals surface area (Å²) in [6.07, 6.45) is 5.47. The standard InChI is InChI=1S/3C10H9NS.Ir/c3*1-8-5-6-10(12-8)9-4-2-3-7-11-9;/h3*2-7H,1H3;/q;;;+3. The molecule has 0 bridgehead atoms. The minimum absolute atomic E-state index is 0. The molecule has 186 valence electrons. The Balaban J connectivity index is 0.000000152. The zero-order chi connectivity index (χ0) is 25.2. The van der Waals surface area contributed by atoms with Crippen molar-refractivity contribution in [3.05, 3.63) is 124 Å². The molecular weight excluding hydrogens is 691 g/mol. The van der Waals surface area contributed by atoms with Crippen LogP contribution in [0.1, 0.15) is 14.6 Å². The molecule has 0 aliphatic carbocycles. The predicted octanol–water partition coefficient (Wildman–Crippen LogP) is 9.35. The first-order valence-electron chi connectivity index (χ1n) is 11.5. The van der Waals surface area contributed by atoms with E-state index in [2.05, 4.69) is 72.1 Å². The topological polar surface area (TPSA) is 38.7 Å². The van der Waals surface area contributed by atoms with Gasteiger partial charge in [-0.15, -0.1) is 34.0 Å². The molecule has 6 aromatic rings. The summed E-state index contributed by atoms with van der Waals surface area (Å²) in [4.78, 5) is 20.5. The van der Waals surface area contributed by atoms with Gasteiger partial charge in [0.2, 0.25) is 0 Å². The smallest absolute Gasteiger partial charge is 0.255 e. The largest absolute Gasteiger partial charge is 3.00 e. The van der Waals surface area contributed by atoms with Crippen molar-refractivity contribution in [3.8, 4) is 31.7 Å². The van der Waals surface area contributed by atoms with Crippen molar-refractivity contribution in [1.82, 2.24) is 15.0 Å². The van der Waals surface area contributed by atoms with E-state index in [-0.39, 0.29) is 20.1 Å². The normalized spacial score (nSPS) is 9.81. The van der Waals surface area contributed by atoms with E-state index in [1.54, 1.807) is 34.0 Å². The fraction of sp³-hybridized carbons (Fsp3) is 0.100. The minimum Gasteiger partial charge on any atom is -0.255 e. The van der Waals surface area contributed by atoms with Gasteiger partial charge < -0.3 is 0 Å². The molecular formula is C30H27IrN3S3+3. The summed E-state index contributed by atoms with van der Waals surface area (Å²) in [6, 6.07) is 30.6. The second-order valence-electron chi connectivity index (χ2n) is 7.88. The number of aryl methyl sites for hydroxylation is 3. The Hall–Kier alpha value is -2.80. The van der Waals surface area contributed by atoms with Crippen molar-refractivity contribution in [3.63, 3.8) is 0 Å². The van der Waals surface area contributed by atoms with E-state index in [9.17, 15) is 0 Å². The summed E-state index contributed by atoms with van der Waals surface area (Å²) in [5.41, 5.74) is 3.20. The molecule has 7 heteroatoms. The summed E-state index contributed by atoms with van der Waals surface area (Å²) in [7, 11) is 0. The second-order valence-corrected chi connectivity index (χ2v) is 11.7. The molecule has 0 aromatic carbocycles. The van der Waals surface area contributed by atoms with Crippen molar-refractivity contribution in [2.45, 2.75) is 20.8 Å². The number of nitrogens with zero attached hydrogens (tertiary/aromatic N) is 3. The van der Waals surface area contributed by atoms with E-state index in [1.807, 2.05) is 73.2 Å². The second kappa shape index (κ2) is 14.8. The first-order chi connectivity index (χ1) is 17.6. The Bertz CT molecular complexity index is 1280. The van der Waals surface area contributed by atoms with E-state index >= 15 is 0 Å². The number of hydrogen-bond donors (Lipinski definition) is 0. The quantitative estimate of drug-likeness (QED) is 0.183. The Labute approximate surface area is 244 Å². The molecule has 37 heavy (non-hydrogen) atoms. The van der Waals surface area contributed by atoms with E-state index in [0.29, 0.717) is 0 Å². The Morgan fingerprint density at radius 2 is 0.703 bits per heavy atom. The summed E-state index contributed by atoms with van der Waals surface area (Å²) < 4.78 is 0. The molecule has 0 fully saturated rings. The van der Waals surface area contributed by atoms with Gasteiger partial charge in [0.1, 0.15) is 0 Å². The Morgan fingerprint density at radius 1 is 0.405 bits per heavy atom. The van der Waals surface area contributed by atoms with Crippen molar-refractivity contribution >= 4 is 34.0 Å². The summed E-state index contributed by atoms with van der Waals surface area (Å²) in [5.74, 6) is 0. The van der Waals surface area contributed by atoms with E-state index in [4.69, 9.17) is 0 Å². The number of rotatable bonds is 3. The molecule has 0 amide bonds. The average Bonchev–Trinajstić information content (AvgIpc) is 3.68. The number of aromatic nitrogens is 3. The predicted molar refractivity (Wildman–Crippen MR) is 157 cm³/mol. The summed E-state index contributed by atoms with van der Waals surface area (Å²) in [5, 5.41) is 0. The molecule has 0 atom stereocenters. The first kappa shape index (κ1) is 28.8. The van der Waals surface area contributed by atoms with Crippen molar-refractivity contribution in [2.24, 2.45) is 0 Å². The number of thiophene rings is 3. The first-order valence-corrected chi connectivity index (χ1v) is 14.0. The monoisotopic (exact) mass is 718 g/mol. The maximum absolute atomic E-state index is 4.27. The molecule has 3 nitrogen and oxygen atoms in total. The van der Waals surface area contributed by atoms with Crippen LogP contribution in [0.4, 0.5) is 0 Å². The molecule has 0 saturated carbocycles. The number of hydrogen-bond acceptors (Lipinski definition) is 6. The molecule has 0 N–H and O–H groups in total. The SMILES string of the molecule is Cc1ccc(-c2ccccn2)s1.Cc1ccc(-c2ccccn2)s1.Cc1ccc(-c2ccccn2)s1.[Ir+3]. The van der Waals surface area contributed by atoms with Gasteiger partial charge in [0, 0.05) is 33.2 Å². The van der Waals surface area contributed by atoms with Gasteiger partial charge in [0.25, 0.3) is 0 Å². The fourth-order valence-electron chi connectivity index (χ4n) is 3.24. The third-order valence-electron chi connectivity index (χ3n) is 4.97. The van der Waals surface area contributed by atoms with Crippen LogP contribution in [-0.4, -0.2) is 15.0 Å². The van der Waals surface area contributed by atoms with Crippen LogP contribution in [0.25, 0.3) is 31.7 Å². The van der Waals surface area contributed by atoms with Gasteiger partial charge in [0.05, 0.1) is 31.7 Å². The van der Waals surface area contributed by atoms with Crippen LogP contribution in [0, 0.1) is 20.8 Å². The molecule has 6 aromatic heterocycles. The van der Waals surface area contributed by atoms with Gasteiger partial charge in [-0.1, -0.05) is 18.2 Å². The Morgan fingerprint density at radius 3 is 0.892 bits per heavy atom. The molecule has 0 spiro atoms. The summed E-state index contributed by atoms with van der Waals surface area (Å²) >= 11 is 5.33. The van der Waals surface area contributed by atoms with Crippen LogP contribution in [0.2, 0.25) is 0 Å². The van der Waals surface area contributed by atoms with Gasteiger partial charge in [-0.2, -0.15) is 0 Å². The third kappa shape index (κ3) is 8.92. The maximum Gasteiger partial charge on any atom is 3.00 e. The fourth-order valence-corrected chi connectivity index (χ4v) is 5.78. The van der Waals surface area contributed by atoms with E-state index in [0.717, 1.165) is 17.1 Å². The molecule has 0 radical (unpaired) electrons. The molecule has 0 aliphatic rings. The van der Waals surface area contributed by atoms with Gasteiger partial charge in [-0.3, -0.25) is 15.0 Å². The van der Waals surface area contributed by atoms with Crippen molar-refractivity contribution in [1.29, 1.82) is 0 Å². The van der Waals surface area contributed by atoms with Crippen LogP contribution in [0.3, 0.4) is 0 Å². The average molecular weight is 718 g/mol. The molecule has 0 saturated heterocycles.